The Morgan fingerprint density at radius 1 is 1.41 bits per heavy atom. The number of rotatable bonds is 4. The Hall–Kier alpha value is -2.41. The Balaban J connectivity index is 2.74. The van der Waals surface area contributed by atoms with Gasteiger partial charge in [-0.25, -0.2) is 0 Å². The summed E-state index contributed by atoms with van der Waals surface area (Å²) in [6.07, 6.45) is 2.50. The number of allylic oxidation sites excluding steroid dienone is 1. The van der Waals surface area contributed by atoms with E-state index in [0.717, 1.165) is 0 Å². The van der Waals surface area contributed by atoms with Crippen molar-refractivity contribution in [2.75, 3.05) is 7.11 Å². The Morgan fingerprint density at radius 3 is 2.76 bits per heavy atom. The fraction of sp³-hybridized carbons (Fsp3) is 0.154. The maximum Gasteiger partial charge on any atom is 0.313 e. The second-order valence-electron chi connectivity index (χ2n) is 3.25. The van der Waals surface area contributed by atoms with Gasteiger partial charge < -0.3 is 4.74 Å². The van der Waals surface area contributed by atoms with Gasteiger partial charge in [0.25, 0.3) is 0 Å². The fourth-order valence-electron chi connectivity index (χ4n) is 1.20. The van der Waals surface area contributed by atoms with Crippen molar-refractivity contribution in [2.24, 2.45) is 0 Å². The molecule has 0 saturated heterocycles. The van der Waals surface area contributed by atoms with Crippen LogP contribution >= 0.6 is 0 Å². The monoisotopic (exact) mass is 229 g/mol. The summed E-state index contributed by atoms with van der Waals surface area (Å²) in [5.41, 5.74) is 1.13. The molecule has 1 aromatic rings. The molecule has 0 aromatic heterocycles. The predicted molar refractivity (Wildman–Crippen MR) is 61.8 cm³/mol. The molecule has 0 aliphatic heterocycles. The molecule has 0 fully saturated rings. The Morgan fingerprint density at radius 2 is 2.12 bits per heavy atom. The number of benzene rings is 1. The molecule has 0 N–H and O–H groups in total. The van der Waals surface area contributed by atoms with Gasteiger partial charge in [-0.2, -0.15) is 5.26 Å². The van der Waals surface area contributed by atoms with Gasteiger partial charge in [-0.15, -0.1) is 0 Å². The van der Waals surface area contributed by atoms with Gasteiger partial charge >= 0.3 is 5.97 Å². The Kier molecular flexibility index (Phi) is 4.64. The molecule has 17 heavy (non-hydrogen) atoms. The van der Waals surface area contributed by atoms with E-state index < -0.39 is 5.97 Å². The smallest absolute Gasteiger partial charge is 0.313 e. The molecule has 1 rings (SSSR count). The molecule has 1 aromatic carbocycles. The SMILES string of the molecule is COC(=O)CC(=O)C=Cc1ccccc1C#N. The van der Waals surface area contributed by atoms with Gasteiger partial charge in [-0.3, -0.25) is 9.59 Å². The maximum atomic E-state index is 11.3. The van der Waals surface area contributed by atoms with Crippen LogP contribution in [0.1, 0.15) is 17.5 Å². The number of hydrogen-bond donors (Lipinski definition) is 0. The first-order chi connectivity index (χ1) is 8.17. The fourth-order valence-corrected chi connectivity index (χ4v) is 1.20. The lowest BCUT2D eigenvalue weighted by molar-refractivity contribution is -0.142. The molecule has 0 radical (unpaired) electrons. The van der Waals surface area contributed by atoms with Crippen molar-refractivity contribution in [3.05, 3.63) is 41.5 Å². The predicted octanol–water partition coefficient (Wildman–Crippen LogP) is 1.70. The number of methoxy groups -OCH3 is 1. The van der Waals surface area contributed by atoms with Gasteiger partial charge in [0, 0.05) is 0 Å². The highest BCUT2D eigenvalue weighted by molar-refractivity contribution is 6.04. The summed E-state index contributed by atoms with van der Waals surface area (Å²) < 4.78 is 4.37. The van der Waals surface area contributed by atoms with E-state index in [0.29, 0.717) is 11.1 Å². The van der Waals surface area contributed by atoms with Crippen molar-refractivity contribution in [1.29, 1.82) is 5.26 Å². The first-order valence-electron chi connectivity index (χ1n) is 4.94. The summed E-state index contributed by atoms with van der Waals surface area (Å²) in [6.45, 7) is 0. The molecule has 0 unspecified atom stereocenters. The Labute approximate surface area is 99.1 Å². The number of esters is 1. The summed E-state index contributed by atoms with van der Waals surface area (Å²) in [7, 11) is 1.23. The summed E-state index contributed by atoms with van der Waals surface area (Å²) >= 11 is 0. The molecule has 0 spiro atoms. The van der Waals surface area contributed by atoms with E-state index in [4.69, 9.17) is 5.26 Å². The van der Waals surface area contributed by atoms with Crippen LogP contribution in [0.25, 0.3) is 6.08 Å². The number of hydrogen-bond acceptors (Lipinski definition) is 4. The summed E-state index contributed by atoms with van der Waals surface area (Å²) in [5.74, 6) is -0.933. The van der Waals surface area contributed by atoms with E-state index in [9.17, 15) is 9.59 Å². The van der Waals surface area contributed by atoms with Crippen LogP contribution in [0.5, 0.6) is 0 Å². The van der Waals surface area contributed by atoms with Crippen molar-refractivity contribution in [3.8, 4) is 6.07 Å². The average Bonchev–Trinajstić information content (AvgIpc) is 2.36. The first kappa shape index (κ1) is 12.7. The Bertz CT molecular complexity index is 498. The number of ether oxygens (including phenoxy) is 1. The van der Waals surface area contributed by atoms with Crippen molar-refractivity contribution in [1.82, 2.24) is 0 Å². The highest BCUT2D eigenvalue weighted by Crippen LogP contribution is 2.09. The number of nitriles is 1. The normalized spacial score (nSPS) is 9.88. The lowest BCUT2D eigenvalue weighted by Crippen LogP contribution is -2.06. The zero-order valence-corrected chi connectivity index (χ0v) is 9.34. The third-order valence-electron chi connectivity index (χ3n) is 2.08. The molecule has 0 aliphatic rings. The van der Waals surface area contributed by atoms with E-state index in [1.54, 1.807) is 24.3 Å². The molecule has 0 saturated carbocycles. The summed E-state index contributed by atoms with van der Waals surface area (Å²) in [6, 6.07) is 8.91. The third kappa shape index (κ3) is 3.92. The zero-order valence-electron chi connectivity index (χ0n) is 9.34. The highest BCUT2D eigenvalue weighted by atomic mass is 16.5. The van der Waals surface area contributed by atoms with Crippen molar-refractivity contribution in [3.63, 3.8) is 0 Å². The van der Waals surface area contributed by atoms with Gasteiger partial charge in [0.1, 0.15) is 6.42 Å². The van der Waals surface area contributed by atoms with Crippen LogP contribution in [0.3, 0.4) is 0 Å². The molecule has 0 heterocycles. The van der Waals surface area contributed by atoms with Gasteiger partial charge in [0.05, 0.1) is 18.7 Å². The molecular formula is C13H11NO3. The van der Waals surface area contributed by atoms with Gasteiger partial charge in [-0.05, 0) is 17.7 Å². The van der Waals surface area contributed by atoms with E-state index in [-0.39, 0.29) is 12.2 Å². The van der Waals surface area contributed by atoms with Crippen molar-refractivity contribution in [2.45, 2.75) is 6.42 Å². The zero-order chi connectivity index (χ0) is 12.7. The van der Waals surface area contributed by atoms with Gasteiger partial charge in [0.15, 0.2) is 5.78 Å². The molecule has 4 nitrogen and oxygen atoms in total. The van der Waals surface area contributed by atoms with E-state index in [2.05, 4.69) is 4.74 Å². The van der Waals surface area contributed by atoms with Gasteiger partial charge in [-0.1, -0.05) is 24.3 Å². The average molecular weight is 229 g/mol. The lowest BCUT2D eigenvalue weighted by atomic mass is 10.1. The number of carbonyl (C=O) groups is 2. The van der Waals surface area contributed by atoms with E-state index >= 15 is 0 Å². The van der Waals surface area contributed by atoms with Crippen LogP contribution in [-0.4, -0.2) is 18.9 Å². The number of ketones is 1. The highest BCUT2D eigenvalue weighted by Gasteiger charge is 2.06. The first-order valence-corrected chi connectivity index (χ1v) is 4.94. The van der Waals surface area contributed by atoms with Crippen molar-refractivity contribution >= 4 is 17.8 Å². The maximum absolute atomic E-state index is 11.3. The molecule has 0 aliphatic carbocycles. The molecular weight excluding hydrogens is 218 g/mol. The van der Waals surface area contributed by atoms with Gasteiger partial charge in [0.2, 0.25) is 0 Å². The molecule has 86 valence electrons. The van der Waals surface area contributed by atoms with Crippen LogP contribution in [0.15, 0.2) is 30.3 Å². The molecule has 0 amide bonds. The minimum absolute atomic E-state index is 0.290. The summed E-state index contributed by atoms with van der Waals surface area (Å²) in [4.78, 5) is 22.1. The lowest BCUT2D eigenvalue weighted by Gasteiger charge is -1.96. The minimum atomic E-state index is -0.576. The molecule has 0 bridgehead atoms. The second-order valence-corrected chi connectivity index (χ2v) is 3.25. The number of nitrogens with zero attached hydrogens (tertiary/aromatic N) is 1. The van der Waals surface area contributed by atoms with E-state index in [1.165, 1.54) is 19.3 Å². The quantitative estimate of drug-likeness (QED) is 0.447. The van der Waals surface area contributed by atoms with Crippen LogP contribution in [0.4, 0.5) is 0 Å². The largest absolute Gasteiger partial charge is 0.469 e. The minimum Gasteiger partial charge on any atom is -0.469 e. The molecule has 4 heteroatoms. The molecule has 0 atom stereocenters. The van der Waals surface area contributed by atoms with Crippen LogP contribution in [0, 0.1) is 11.3 Å². The van der Waals surface area contributed by atoms with Crippen LogP contribution in [0.2, 0.25) is 0 Å². The van der Waals surface area contributed by atoms with Crippen molar-refractivity contribution < 1.29 is 14.3 Å². The second kappa shape index (κ2) is 6.23. The summed E-state index contributed by atoms with van der Waals surface area (Å²) in [5, 5.41) is 8.82. The third-order valence-corrected chi connectivity index (χ3v) is 2.08. The number of carbonyl (C=O) groups excluding carboxylic acids is 2. The standard InChI is InChI=1S/C13H11NO3/c1-17-13(16)8-12(15)7-6-10-4-2-3-5-11(10)9-14/h2-7H,8H2,1H3. The van der Waals surface area contributed by atoms with Crippen LogP contribution < -0.4 is 0 Å². The van der Waals surface area contributed by atoms with Crippen LogP contribution in [-0.2, 0) is 14.3 Å². The topological polar surface area (TPSA) is 67.2 Å². The van der Waals surface area contributed by atoms with E-state index in [1.807, 2.05) is 6.07 Å².